The van der Waals surface area contributed by atoms with Crippen molar-refractivity contribution in [1.29, 1.82) is 0 Å². The van der Waals surface area contributed by atoms with Crippen molar-refractivity contribution in [2.45, 2.75) is 46.0 Å². The van der Waals surface area contributed by atoms with Gasteiger partial charge in [-0.2, -0.15) is 8.42 Å². The first kappa shape index (κ1) is 22.4. The first-order valence-corrected chi connectivity index (χ1v) is 8.16. The molecule has 114 valence electrons. The van der Waals surface area contributed by atoms with E-state index in [1.807, 2.05) is 6.92 Å². The van der Waals surface area contributed by atoms with Crippen molar-refractivity contribution in [2.75, 3.05) is 19.0 Å². The zero-order valence-electron chi connectivity index (χ0n) is 13.8. The van der Waals surface area contributed by atoms with Crippen molar-refractivity contribution in [3.05, 3.63) is 12.2 Å². The maximum atomic E-state index is 11.4. The van der Waals surface area contributed by atoms with E-state index in [9.17, 15) is 13.2 Å². The van der Waals surface area contributed by atoms with Crippen LogP contribution in [0.5, 0.6) is 0 Å². The van der Waals surface area contributed by atoms with Crippen molar-refractivity contribution in [3.8, 4) is 0 Å². The maximum absolute atomic E-state index is 11.4. The third-order valence-corrected chi connectivity index (χ3v) is 3.70. The Labute approximate surface area is 146 Å². The third kappa shape index (κ3) is 13.1. The molecule has 0 heterocycles. The van der Waals surface area contributed by atoms with Gasteiger partial charge >= 0.3 is 35.5 Å². The number of hydrogen-bond donors (Lipinski definition) is 0. The second kappa shape index (κ2) is 12.8. The van der Waals surface area contributed by atoms with Crippen LogP contribution < -0.4 is 29.6 Å². The van der Waals surface area contributed by atoms with Gasteiger partial charge in [-0.05, 0) is 26.2 Å². The Morgan fingerprint density at radius 2 is 1.75 bits per heavy atom. The number of esters is 1. The van der Waals surface area contributed by atoms with Gasteiger partial charge < -0.3 is 6.16 Å². The van der Waals surface area contributed by atoms with E-state index in [2.05, 4.69) is 6.58 Å². The summed E-state index contributed by atoms with van der Waals surface area (Å²) < 4.78 is 32.5. The molecule has 0 bridgehead atoms. The van der Waals surface area contributed by atoms with E-state index in [0.29, 0.717) is 24.8 Å². The summed E-state index contributed by atoms with van der Waals surface area (Å²) in [7, 11) is -3.39. The Bertz CT molecular complexity index is 384. The normalized spacial score (nSPS) is 10.7. The molecule has 0 aliphatic heterocycles. The summed E-state index contributed by atoms with van der Waals surface area (Å²) in [6, 6.07) is 0. The van der Waals surface area contributed by atoms with Crippen molar-refractivity contribution in [1.82, 2.24) is 0 Å². The van der Waals surface area contributed by atoms with Gasteiger partial charge in [0.1, 0.15) is 0 Å². The van der Waals surface area contributed by atoms with E-state index >= 15 is 0 Å². The summed E-state index contributed by atoms with van der Waals surface area (Å²) in [6.07, 6.45) is 3.61. The molecular weight excluding hydrogens is 291 g/mol. The van der Waals surface area contributed by atoms with E-state index in [0.717, 1.165) is 12.8 Å². The molecule has 0 aromatic carbocycles. The van der Waals surface area contributed by atoms with Crippen LogP contribution in [0.3, 0.4) is 0 Å². The minimum atomic E-state index is -3.39. The van der Waals surface area contributed by atoms with Crippen molar-refractivity contribution in [3.63, 3.8) is 0 Å². The van der Waals surface area contributed by atoms with Crippen LogP contribution in [-0.2, 0) is 23.8 Å². The van der Waals surface area contributed by atoms with Crippen LogP contribution in [0.4, 0.5) is 0 Å². The number of carbonyl (C=O) groups excluding carboxylic acids is 1. The minimum absolute atomic E-state index is 0. The molecule has 0 spiro atoms. The van der Waals surface area contributed by atoms with Crippen LogP contribution in [-0.4, -0.2) is 33.4 Å². The molecule has 20 heavy (non-hydrogen) atoms. The Morgan fingerprint density at radius 1 is 1.15 bits per heavy atom. The molecule has 0 amide bonds. The van der Waals surface area contributed by atoms with Gasteiger partial charge in [-0.15, -0.1) is 0 Å². The Morgan fingerprint density at radius 3 is 2.30 bits per heavy atom. The van der Waals surface area contributed by atoms with Gasteiger partial charge in [0, 0.05) is 5.57 Å². The van der Waals surface area contributed by atoms with Gasteiger partial charge in [0.2, 0.25) is 0 Å². The second-order valence-electron chi connectivity index (χ2n) is 4.41. The van der Waals surface area contributed by atoms with E-state index in [1.54, 1.807) is 6.92 Å². The second-order valence-corrected chi connectivity index (χ2v) is 6.17. The van der Waals surface area contributed by atoms with Gasteiger partial charge in [0.05, 0.1) is 19.0 Å². The predicted octanol–water partition coefficient (Wildman–Crippen LogP) is -0.461. The summed E-state index contributed by atoms with van der Waals surface area (Å²) >= 11 is 0. The third-order valence-electron chi connectivity index (χ3n) is 2.38. The standard InChI is InChI=1S/C13H24O5S.Na.H/c1-4-5-8-11-19(15,16)18-10-7-6-9-17-13(14)12(2)3;;/h2,4-11H2,1,3H3;;/q;+1;-1. The fourth-order valence-corrected chi connectivity index (χ4v) is 2.31. The Kier molecular flexibility index (Phi) is 14.4. The van der Waals surface area contributed by atoms with Gasteiger partial charge in [-0.1, -0.05) is 26.3 Å². The molecule has 0 aliphatic carbocycles. The van der Waals surface area contributed by atoms with Crippen molar-refractivity contribution >= 4 is 16.1 Å². The number of unbranched alkanes of at least 4 members (excludes halogenated alkanes) is 3. The minimum Gasteiger partial charge on any atom is -1.00 e. The van der Waals surface area contributed by atoms with Gasteiger partial charge in [0.15, 0.2) is 0 Å². The molecule has 0 fully saturated rings. The molecule has 0 aromatic rings. The van der Waals surface area contributed by atoms with Gasteiger partial charge in [-0.3, -0.25) is 4.18 Å². The molecule has 7 heteroatoms. The average molecular weight is 316 g/mol. The summed E-state index contributed by atoms with van der Waals surface area (Å²) in [4.78, 5) is 11.0. The number of carbonyl (C=O) groups is 1. The number of ether oxygens (including phenoxy) is 1. The average Bonchev–Trinajstić information content (AvgIpc) is 2.33. The number of hydrogen-bond acceptors (Lipinski definition) is 5. The van der Waals surface area contributed by atoms with Crippen molar-refractivity contribution < 1.29 is 53.1 Å². The quantitative estimate of drug-likeness (QED) is 0.170. The molecule has 0 saturated carbocycles. The monoisotopic (exact) mass is 316 g/mol. The number of rotatable bonds is 11. The molecule has 0 N–H and O–H groups in total. The first-order valence-electron chi connectivity index (χ1n) is 6.58. The molecule has 5 nitrogen and oxygen atoms in total. The Balaban J connectivity index is -0.00000162. The fraction of sp³-hybridized carbons (Fsp3) is 0.769. The zero-order valence-corrected chi connectivity index (χ0v) is 15.6. The first-order chi connectivity index (χ1) is 8.89. The molecule has 0 saturated heterocycles. The molecule has 0 aromatic heterocycles. The maximum Gasteiger partial charge on any atom is 1.00 e. The molecule has 0 unspecified atom stereocenters. The smallest absolute Gasteiger partial charge is 1.00 e. The Hall–Kier alpha value is 0.120. The molecule has 0 aliphatic rings. The summed E-state index contributed by atoms with van der Waals surface area (Å²) in [6.45, 7) is 7.44. The van der Waals surface area contributed by atoms with E-state index in [4.69, 9.17) is 8.92 Å². The molecular formula is C13H25NaO5S. The molecule has 0 atom stereocenters. The summed E-state index contributed by atoms with van der Waals surface area (Å²) in [5, 5.41) is 0. The van der Waals surface area contributed by atoms with Crippen LogP contribution in [0.1, 0.15) is 47.4 Å². The van der Waals surface area contributed by atoms with E-state index in [1.165, 1.54) is 0 Å². The van der Waals surface area contributed by atoms with Crippen LogP contribution >= 0.6 is 0 Å². The van der Waals surface area contributed by atoms with Gasteiger partial charge in [-0.25, -0.2) is 4.79 Å². The largest absolute Gasteiger partial charge is 1.00 e. The van der Waals surface area contributed by atoms with Gasteiger partial charge in [0.25, 0.3) is 10.1 Å². The van der Waals surface area contributed by atoms with Crippen LogP contribution in [0.25, 0.3) is 0 Å². The fourth-order valence-electron chi connectivity index (χ4n) is 1.27. The van der Waals surface area contributed by atoms with Crippen LogP contribution in [0.2, 0.25) is 0 Å². The predicted molar refractivity (Wildman–Crippen MR) is 75.4 cm³/mol. The zero-order chi connectivity index (χ0) is 14.7. The molecule has 0 rings (SSSR count). The van der Waals surface area contributed by atoms with E-state index in [-0.39, 0.29) is 50.0 Å². The summed E-state index contributed by atoms with van der Waals surface area (Å²) in [5.74, 6) is -0.348. The van der Waals surface area contributed by atoms with Crippen LogP contribution in [0.15, 0.2) is 12.2 Å². The summed E-state index contributed by atoms with van der Waals surface area (Å²) in [5.41, 5.74) is 0.356. The van der Waals surface area contributed by atoms with E-state index < -0.39 is 16.1 Å². The van der Waals surface area contributed by atoms with Crippen molar-refractivity contribution in [2.24, 2.45) is 0 Å². The van der Waals surface area contributed by atoms with Crippen LogP contribution in [0, 0.1) is 0 Å². The molecule has 0 radical (unpaired) electrons. The topological polar surface area (TPSA) is 69.7 Å². The SMILES string of the molecule is C=C(C)C(=O)OCCCCOS(=O)(=O)CCCCC.[H-].[Na+].